The van der Waals surface area contributed by atoms with Gasteiger partial charge in [-0.05, 0) is 5.92 Å². The van der Waals surface area contributed by atoms with Crippen LogP contribution >= 0.6 is 0 Å². The van der Waals surface area contributed by atoms with E-state index in [1.807, 2.05) is 13.8 Å². The van der Waals surface area contributed by atoms with E-state index in [9.17, 15) is 14.7 Å². The number of hydrogen-bond donors (Lipinski definition) is 1. The number of nitrogens with zero attached hydrogens (tertiary/aromatic N) is 3. The number of Topliss-reactive ketones (excluding diaryl/α,β-unsaturated/α-hetero) is 1. The highest BCUT2D eigenvalue weighted by molar-refractivity contribution is 6.03. The van der Waals surface area contributed by atoms with Crippen LogP contribution in [-0.2, 0) is 27.3 Å². The molecule has 0 saturated carbocycles. The maximum atomic E-state index is 12.1. The van der Waals surface area contributed by atoms with Gasteiger partial charge in [-0.15, -0.1) is 0 Å². The van der Waals surface area contributed by atoms with Crippen molar-refractivity contribution in [2.24, 2.45) is 11.3 Å². The third kappa shape index (κ3) is 2.72. The summed E-state index contributed by atoms with van der Waals surface area (Å²) in [5.74, 6) is -0.578. The lowest BCUT2D eigenvalue weighted by molar-refractivity contribution is -0.164. The van der Waals surface area contributed by atoms with E-state index in [1.165, 1.54) is 6.33 Å². The summed E-state index contributed by atoms with van der Waals surface area (Å²) in [5.41, 5.74) is -1.53. The Balaban J connectivity index is 2.27. The molecule has 1 aromatic heterocycles. The molecule has 1 fully saturated rings. The molecule has 0 aromatic carbocycles. The Bertz CT molecular complexity index is 511. The van der Waals surface area contributed by atoms with E-state index in [0.29, 0.717) is 18.3 Å². The quantitative estimate of drug-likeness (QED) is 0.791. The summed E-state index contributed by atoms with van der Waals surface area (Å²) in [6.07, 6.45) is 1.54. The van der Waals surface area contributed by atoms with Crippen molar-refractivity contribution in [3.8, 4) is 0 Å². The number of rotatable bonds is 5. The molecule has 1 N–H and O–H groups in total. The van der Waals surface area contributed by atoms with Crippen LogP contribution in [-0.4, -0.2) is 44.8 Å². The van der Waals surface area contributed by atoms with Gasteiger partial charge in [0.05, 0.1) is 13.2 Å². The van der Waals surface area contributed by atoms with Crippen molar-refractivity contribution >= 4 is 11.8 Å². The predicted octanol–water partition coefficient (Wildman–Crippen LogP) is 0.537. The minimum absolute atomic E-state index is 0.0217. The average Bonchev–Trinajstić information content (AvgIpc) is 2.78. The van der Waals surface area contributed by atoms with E-state index in [1.54, 1.807) is 4.68 Å². The second-order valence-corrected chi connectivity index (χ2v) is 5.54. The van der Waals surface area contributed by atoms with Gasteiger partial charge in [0.15, 0.2) is 11.2 Å². The van der Waals surface area contributed by atoms with Gasteiger partial charge in [0.1, 0.15) is 12.2 Å². The lowest BCUT2D eigenvalue weighted by Crippen LogP contribution is -2.49. The molecule has 0 aliphatic carbocycles. The zero-order valence-electron chi connectivity index (χ0n) is 11.7. The first-order valence-corrected chi connectivity index (χ1v) is 6.67. The van der Waals surface area contributed by atoms with Gasteiger partial charge in [0, 0.05) is 19.4 Å². The van der Waals surface area contributed by atoms with E-state index in [0.717, 1.165) is 0 Å². The van der Waals surface area contributed by atoms with Crippen LogP contribution in [0.5, 0.6) is 0 Å². The van der Waals surface area contributed by atoms with Gasteiger partial charge >= 0.3 is 5.97 Å². The van der Waals surface area contributed by atoms with E-state index >= 15 is 0 Å². The van der Waals surface area contributed by atoms with Crippen LogP contribution in [0.1, 0.15) is 26.1 Å². The topological polar surface area (TPSA) is 94.3 Å². The largest absolute Gasteiger partial charge is 0.480 e. The fourth-order valence-corrected chi connectivity index (χ4v) is 2.33. The van der Waals surface area contributed by atoms with Gasteiger partial charge in [-0.1, -0.05) is 13.8 Å². The molecule has 1 aliphatic heterocycles. The van der Waals surface area contributed by atoms with E-state index < -0.39 is 11.4 Å². The van der Waals surface area contributed by atoms with Crippen molar-refractivity contribution in [3.05, 3.63) is 12.2 Å². The SMILES string of the molecule is CC(C)Cn1ncnc1CC1(C(=O)O)COCCC1=O. The first-order valence-electron chi connectivity index (χ1n) is 6.67. The van der Waals surface area contributed by atoms with Gasteiger partial charge in [-0.3, -0.25) is 9.59 Å². The summed E-state index contributed by atoms with van der Waals surface area (Å²) in [7, 11) is 0. The lowest BCUT2D eigenvalue weighted by atomic mass is 9.78. The highest BCUT2D eigenvalue weighted by Gasteiger charge is 2.49. The smallest absolute Gasteiger partial charge is 0.320 e. The van der Waals surface area contributed by atoms with Crippen molar-refractivity contribution in [1.82, 2.24) is 14.8 Å². The molecular formula is C13H19N3O4. The number of aliphatic carboxylic acids is 1. The molecule has 1 saturated heterocycles. The van der Waals surface area contributed by atoms with Crippen LogP contribution in [0.15, 0.2) is 6.33 Å². The first-order chi connectivity index (χ1) is 9.45. The third-order valence-electron chi connectivity index (χ3n) is 3.46. The number of carbonyl (C=O) groups is 2. The Morgan fingerprint density at radius 1 is 1.60 bits per heavy atom. The first kappa shape index (κ1) is 14.6. The molecule has 7 nitrogen and oxygen atoms in total. The molecule has 0 amide bonds. The summed E-state index contributed by atoms with van der Waals surface area (Å²) >= 11 is 0. The second-order valence-electron chi connectivity index (χ2n) is 5.54. The Morgan fingerprint density at radius 3 is 2.95 bits per heavy atom. The van der Waals surface area contributed by atoms with E-state index in [2.05, 4.69) is 10.1 Å². The summed E-state index contributed by atoms with van der Waals surface area (Å²) in [5, 5.41) is 13.6. The monoisotopic (exact) mass is 281 g/mol. The number of carboxylic acids is 1. The molecular weight excluding hydrogens is 262 g/mol. The number of carboxylic acid groups (broad SMARTS) is 1. The molecule has 1 atom stereocenters. The number of carbonyl (C=O) groups excluding carboxylic acids is 1. The maximum Gasteiger partial charge on any atom is 0.320 e. The van der Waals surface area contributed by atoms with Crippen LogP contribution in [0.2, 0.25) is 0 Å². The van der Waals surface area contributed by atoms with Crippen LogP contribution in [0.4, 0.5) is 0 Å². The Morgan fingerprint density at radius 2 is 2.35 bits per heavy atom. The van der Waals surface area contributed by atoms with Gasteiger partial charge < -0.3 is 9.84 Å². The van der Waals surface area contributed by atoms with Crippen LogP contribution < -0.4 is 0 Å². The third-order valence-corrected chi connectivity index (χ3v) is 3.46. The second kappa shape index (κ2) is 5.70. The average molecular weight is 281 g/mol. The summed E-state index contributed by atoms with van der Waals surface area (Å²) in [4.78, 5) is 27.8. The normalized spacial score (nSPS) is 23.2. The molecule has 20 heavy (non-hydrogen) atoms. The van der Waals surface area contributed by atoms with Crippen molar-refractivity contribution in [3.63, 3.8) is 0 Å². The van der Waals surface area contributed by atoms with Gasteiger partial charge in [0.2, 0.25) is 0 Å². The van der Waals surface area contributed by atoms with Crippen LogP contribution in [0.3, 0.4) is 0 Å². The minimum Gasteiger partial charge on any atom is -0.480 e. The van der Waals surface area contributed by atoms with Crippen LogP contribution in [0.25, 0.3) is 0 Å². The Hall–Kier alpha value is -1.76. The zero-order valence-corrected chi connectivity index (χ0v) is 11.7. The van der Waals surface area contributed by atoms with Gasteiger partial charge in [-0.2, -0.15) is 5.10 Å². The highest BCUT2D eigenvalue weighted by Crippen LogP contribution is 2.29. The maximum absolute atomic E-state index is 12.1. The molecule has 0 spiro atoms. The standard InChI is InChI=1S/C13H19N3O4/c1-9(2)6-16-11(14-8-15-16)5-13(12(18)19)7-20-4-3-10(13)17/h8-9H,3-7H2,1-2H3,(H,18,19). The number of ketones is 1. The molecule has 1 aromatic rings. The number of ether oxygens (including phenoxy) is 1. The molecule has 0 bridgehead atoms. The molecule has 2 rings (SSSR count). The summed E-state index contributed by atoms with van der Waals surface area (Å²) in [6.45, 7) is 4.89. The molecule has 110 valence electrons. The molecule has 1 aliphatic rings. The predicted molar refractivity (Wildman–Crippen MR) is 69.1 cm³/mol. The molecule has 1 unspecified atom stereocenters. The van der Waals surface area contributed by atoms with E-state index in [4.69, 9.17) is 4.74 Å². The van der Waals surface area contributed by atoms with Crippen molar-refractivity contribution < 1.29 is 19.4 Å². The zero-order chi connectivity index (χ0) is 14.8. The van der Waals surface area contributed by atoms with Gasteiger partial charge in [0.25, 0.3) is 0 Å². The summed E-state index contributed by atoms with van der Waals surface area (Å²) in [6, 6.07) is 0. The van der Waals surface area contributed by atoms with Gasteiger partial charge in [-0.25, -0.2) is 9.67 Å². The number of hydrogen-bond acceptors (Lipinski definition) is 5. The fraction of sp³-hybridized carbons (Fsp3) is 0.692. The minimum atomic E-state index is -1.53. The Kier molecular flexibility index (Phi) is 4.17. The summed E-state index contributed by atoms with van der Waals surface area (Å²) < 4.78 is 6.89. The molecule has 0 radical (unpaired) electrons. The molecule has 7 heteroatoms. The van der Waals surface area contributed by atoms with Crippen molar-refractivity contribution in [2.45, 2.75) is 33.2 Å². The van der Waals surface area contributed by atoms with Crippen LogP contribution in [0, 0.1) is 11.3 Å². The van der Waals surface area contributed by atoms with E-state index in [-0.39, 0.29) is 31.8 Å². The Labute approximate surface area is 116 Å². The highest BCUT2D eigenvalue weighted by atomic mass is 16.5. The number of aromatic nitrogens is 3. The van der Waals surface area contributed by atoms with Crippen molar-refractivity contribution in [1.29, 1.82) is 0 Å². The van der Waals surface area contributed by atoms with Crippen molar-refractivity contribution in [2.75, 3.05) is 13.2 Å². The lowest BCUT2D eigenvalue weighted by Gasteiger charge is -2.31. The molecule has 2 heterocycles. The fourth-order valence-electron chi connectivity index (χ4n) is 2.33.